The maximum absolute atomic E-state index is 12.2. The van der Waals surface area contributed by atoms with Crippen LogP contribution in [0.25, 0.3) is 5.57 Å². The first kappa shape index (κ1) is 14.1. The van der Waals surface area contributed by atoms with Crippen LogP contribution < -0.4 is 4.90 Å². The van der Waals surface area contributed by atoms with Gasteiger partial charge in [0, 0.05) is 5.57 Å². The molecule has 1 aliphatic heterocycles. The predicted octanol–water partition coefficient (Wildman–Crippen LogP) is 3.36. The normalized spacial score (nSPS) is 16.7. The number of hydrogen-bond acceptors (Lipinski definition) is 3. The third-order valence-electron chi connectivity index (χ3n) is 3.52. The summed E-state index contributed by atoms with van der Waals surface area (Å²) in [6.07, 6.45) is 0.642. The molecule has 4 nitrogen and oxygen atoms in total. The minimum absolute atomic E-state index is 0.301. The molecule has 0 unspecified atom stereocenters. The topological polar surface area (TPSA) is 46.6 Å². The smallest absolute Gasteiger partial charge is 0.401 e. The van der Waals surface area contributed by atoms with Gasteiger partial charge in [0.2, 0.25) is 5.88 Å². The van der Waals surface area contributed by atoms with Crippen LogP contribution in [0.15, 0.2) is 66.5 Å². The Morgan fingerprint density at radius 2 is 1.55 bits per heavy atom. The molecule has 2 aromatic carbocycles. The number of amides is 1. The molecule has 0 aromatic heterocycles. The largest absolute Gasteiger partial charge is 0.404 e. The van der Waals surface area contributed by atoms with Gasteiger partial charge in [0.1, 0.15) is 0 Å². The summed E-state index contributed by atoms with van der Waals surface area (Å²) in [5, 5.41) is 0. The van der Waals surface area contributed by atoms with Crippen LogP contribution in [-0.2, 0) is 14.3 Å². The van der Waals surface area contributed by atoms with E-state index in [1.165, 1.54) is 4.90 Å². The zero-order valence-corrected chi connectivity index (χ0v) is 12.2. The monoisotopic (exact) mass is 293 g/mol. The van der Waals surface area contributed by atoms with Crippen LogP contribution >= 0.6 is 0 Å². The molecule has 1 aliphatic rings. The molecule has 0 spiro atoms. The van der Waals surface area contributed by atoms with Gasteiger partial charge in [-0.3, -0.25) is 4.79 Å². The van der Waals surface area contributed by atoms with Gasteiger partial charge < -0.3 is 4.74 Å². The highest BCUT2D eigenvalue weighted by molar-refractivity contribution is 6.41. The van der Waals surface area contributed by atoms with Crippen molar-refractivity contribution < 1.29 is 14.3 Å². The van der Waals surface area contributed by atoms with E-state index in [4.69, 9.17) is 4.74 Å². The van der Waals surface area contributed by atoms with Crippen molar-refractivity contribution in [1.82, 2.24) is 0 Å². The van der Waals surface area contributed by atoms with Crippen molar-refractivity contribution in [3.63, 3.8) is 0 Å². The van der Waals surface area contributed by atoms with E-state index < -0.39 is 11.9 Å². The molecule has 0 bridgehead atoms. The fraction of sp³-hybridized carbons (Fsp3) is 0.111. The molecule has 1 amide bonds. The van der Waals surface area contributed by atoms with E-state index in [-0.39, 0.29) is 0 Å². The van der Waals surface area contributed by atoms with Crippen molar-refractivity contribution in [2.24, 2.45) is 0 Å². The lowest BCUT2D eigenvalue weighted by Crippen LogP contribution is -2.26. The van der Waals surface area contributed by atoms with Crippen LogP contribution in [0.5, 0.6) is 0 Å². The Bertz CT molecular complexity index is 735. The Balaban J connectivity index is 2.16. The Hall–Kier alpha value is -2.88. The summed E-state index contributed by atoms with van der Waals surface area (Å²) in [6, 6.07) is 18.7. The molecule has 22 heavy (non-hydrogen) atoms. The molecule has 110 valence electrons. The molecule has 3 rings (SSSR count). The van der Waals surface area contributed by atoms with Crippen LogP contribution in [0, 0.1) is 0 Å². The van der Waals surface area contributed by atoms with Crippen molar-refractivity contribution in [2.75, 3.05) is 4.90 Å². The molecule has 1 heterocycles. The number of esters is 1. The highest BCUT2D eigenvalue weighted by Gasteiger charge is 2.39. The van der Waals surface area contributed by atoms with E-state index in [0.717, 1.165) is 11.1 Å². The summed E-state index contributed by atoms with van der Waals surface area (Å²) in [4.78, 5) is 25.3. The summed E-state index contributed by atoms with van der Waals surface area (Å²) in [6.45, 7) is 1.97. The molecule has 2 aromatic rings. The number of rotatable bonds is 3. The number of cyclic esters (lactones) is 1. The maximum Gasteiger partial charge on any atom is 0.404 e. The lowest BCUT2D eigenvalue weighted by atomic mass is 10.0. The second-order valence-corrected chi connectivity index (χ2v) is 4.87. The number of anilines is 1. The van der Waals surface area contributed by atoms with Gasteiger partial charge in [-0.15, -0.1) is 0 Å². The minimum Gasteiger partial charge on any atom is -0.401 e. The van der Waals surface area contributed by atoms with Crippen molar-refractivity contribution >= 4 is 23.1 Å². The number of hydrogen-bond donors (Lipinski definition) is 0. The summed E-state index contributed by atoms with van der Waals surface area (Å²) in [5.74, 6) is -1.21. The average Bonchev–Trinajstić information content (AvgIpc) is 2.85. The lowest BCUT2D eigenvalue weighted by molar-refractivity contribution is -0.145. The van der Waals surface area contributed by atoms with Gasteiger partial charge in [0.05, 0.1) is 5.69 Å². The zero-order valence-electron chi connectivity index (χ0n) is 12.2. The van der Waals surface area contributed by atoms with E-state index in [0.29, 0.717) is 18.0 Å². The number of allylic oxidation sites excluding steroid dienone is 1. The molecule has 0 N–H and O–H groups in total. The van der Waals surface area contributed by atoms with Gasteiger partial charge in [-0.05, 0) is 24.1 Å². The summed E-state index contributed by atoms with van der Waals surface area (Å²) in [7, 11) is 0. The molecule has 1 fully saturated rings. The van der Waals surface area contributed by atoms with Gasteiger partial charge in [-0.2, -0.15) is 0 Å². The highest BCUT2D eigenvalue weighted by atomic mass is 16.6. The molecular formula is C18H15NO3. The van der Waals surface area contributed by atoms with Gasteiger partial charge in [0.15, 0.2) is 0 Å². The molecule has 0 saturated carbocycles. The first-order valence-corrected chi connectivity index (χ1v) is 7.12. The zero-order chi connectivity index (χ0) is 15.5. The fourth-order valence-corrected chi connectivity index (χ4v) is 2.49. The second-order valence-electron chi connectivity index (χ2n) is 4.87. The highest BCUT2D eigenvalue weighted by Crippen LogP contribution is 2.32. The second kappa shape index (κ2) is 5.85. The number of benzene rings is 2. The average molecular weight is 293 g/mol. The molecule has 0 atom stereocenters. The summed E-state index contributed by atoms with van der Waals surface area (Å²) < 4.78 is 5.27. The summed E-state index contributed by atoms with van der Waals surface area (Å²) in [5.41, 5.74) is 2.38. The third-order valence-corrected chi connectivity index (χ3v) is 3.52. The number of carbonyl (C=O) groups excluding carboxylic acids is 2. The first-order chi connectivity index (χ1) is 10.7. The van der Waals surface area contributed by atoms with Gasteiger partial charge in [-0.1, -0.05) is 55.5 Å². The minimum atomic E-state index is -0.847. The Morgan fingerprint density at radius 1 is 0.955 bits per heavy atom. The molecular weight excluding hydrogens is 278 g/mol. The molecule has 0 radical (unpaired) electrons. The SMILES string of the molecule is CC/C(=C1\OC(=O)C(=O)N1c1ccccc1)c1ccccc1. The van der Waals surface area contributed by atoms with Gasteiger partial charge >= 0.3 is 11.9 Å². The number of para-hydroxylation sites is 1. The van der Waals surface area contributed by atoms with Crippen molar-refractivity contribution in [2.45, 2.75) is 13.3 Å². The third kappa shape index (κ3) is 2.39. The van der Waals surface area contributed by atoms with E-state index in [9.17, 15) is 9.59 Å². The van der Waals surface area contributed by atoms with Crippen LogP contribution in [0.2, 0.25) is 0 Å². The van der Waals surface area contributed by atoms with Crippen LogP contribution in [0.3, 0.4) is 0 Å². The van der Waals surface area contributed by atoms with Crippen LogP contribution in [-0.4, -0.2) is 11.9 Å². The maximum atomic E-state index is 12.2. The predicted molar refractivity (Wildman–Crippen MR) is 83.7 cm³/mol. The van der Waals surface area contributed by atoms with Crippen molar-refractivity contribution in [3.8, 4) is 0 Å². The molecule has 4 heteroatoms. The van der Waals surface area contributed by atoms with E-state index in [2.05, 4.69) is 0 Å². The molecule has 0 aliphatic carbocycles. The first-order valence-electron chi connectivity index (χ1n) is 7.12. The Morgan fingerprint density at radius 3 is 2.14 bits per heavy atom. The van der Waals surface area contributed by atoms with Gasteiger partial charge in [-0.25, -0.2) is 9.69 Å². The number of nitrogens with zero attached hydrogens (tertiary/aromatic N) is 1. The van der Waals surface area contributed by atoms with E-state index >= 15 is 0 Å². The number of ether oxygens (including phenoxy) is 1. The van der Waals surface area contributed by atoms with Crippen molar-refractivity contribution in [1.29, 1.82) is 0 Å². The number of carbonyl (C=O) groups is 2. The molecule has 1 saturated heterocycles. The fourth-order valence-electron chi connectivity index (χ4n) is 2.49. The van der Waals surface area contributed by atoms with E-state index in [1.54, 1.807) is 12.1 Å². The van der Waals surface area contributed by atoms with Gasteiger partial charge in [0.25, 0.3) is 0 Å². The quantitative estimate of drug-likeness (QED) is 0.644. The van der Waals surface area contributed by atoms with Crippen molar-refractivity contribution in [3.05, 3.63) is 72.1 Å². The Kier molecular flexibility index (Phi) is 3.74. The standard InChI is InChI=1S/C18H15NO3/c1-2-15(13-9-5-3-6-10-13)17-19(16(20)18(21)22-17)14-11-7-4-8-12-14/h3-12H,2H2,1H3/b17-15+. The van der Waals surface area contributed by atoms with E-state index in [1.807, 2.05) is 55.5 Å². The Labute approximate surface area is 128 Å². The lowest BCUT2D eigenvalue weighted by Gasteiger charge is -2.18. The summed E-state index contributed by atoms with van der Waals surface area (Å²) >= 11 is 0. The van der Waals surface area contributed by atoms with Crippen LogP contribution in [0.4, 0.5) is 5.69 Å². The van der Waals surface area contributed by atoms with Crippen LogP contribution in [0.1, 0.15) is 18.9 Å².